The van der Waals surface area contributed by atoms with E-state index in [9.17, 15) is 4.79 Å². The van der Waals surface area contributed by atoms with Gasteiger partial charge in [-0.2, -0.15) is 0 Å². The number of carbonyl (C=O) groups is 1. The van der Waals surface area contributed by atoms with E-state index in [0.717, 1.165) is 21.7 Å². The lowest BCUT2D eigenvalue weighted by Gasteiger charge is -2.00. The van der Waals surface area contributed by atoms with Crippen molar-refractivity contribution in [1.29, 1.82) is 0 Å². The summed E-state index contributed by atoms with van der Waals surface area (Å²) in [5.74, 6) is 0. The molecular formula is C11H10BrNO. The van der Waals surface area contributed by atoms with Gasteiger partial charge in [0.2, 0.25) is 0 Å². The Hall–Kier alpha value is -1.09. The molecule has 2 aromatic rings. The van der Waals surface area contributed by atoms with Crippen LogP contribution in [0, 0.1) is 6.92 Å². The minimum atomic E-state index is 0.689. The van der Waals surface area contributed by atoms with Gasteiger partial charge in [-0.05, 0) is 28.4 Å². The van der Waals surface area contributed by atoms with Gasteiger partial charge in [-0.1, -0.05) is 18.2 Å². The summed E-state index contributed by atoms with van der Waals surface area (Å²) >= 11 is 3.44. The summed E-state index contributed by atoms with van der Waals surface area (Å²) in [5.41, 5.74) is 2.98. The van der Waals surface area contributed by atoms with E-state index >= 15 is 0 Å². The van der Waals surface area contributed by atoms with Crippen LogP contribution in [0.4, 0.5) is 0 Å². The van der Waals surface area contributed by atoms with E-state index < -0.39 is 0 Å². The van der Waals surface area contributed by atoms with Crippen LogP contribution >= 0.6 is 15.9 Å². The second-order valence-corrected chi connectivity index (χ2v) is 4.14. The monoisotopic (exact) mass is 251 g/mol. The van der Waals surface area contributed by atoms with Crippen molar-refractivity contribution in [3.63, 3.8) is 0 Å². The molecule has 2 rings (SSSR count). The van der Waals surface area contributed by atoms with Gasteiger partial charge in [0.15, 0.2) is 6.29 Å². The number of carbonyl (C=O) groups excluding carboxylic acids is 1. The molecule has 3 heteroatoms. The number of nitrogens with zero attached hydrogens (tertiary/aromatic N) is 1. The van der Waals surface area contributed by atoms with Gasteiger partial charge in [0.1, 0.15) is 0 Å². The SMILES string of the molecule is Cc1cccc2c(Br)c(C=O)n(C)c12. The molecule has 0 saturated heterocycles. The highest BCUT2D eigenvalue weighted by Gasteiger charge is 2.12. The molecule has 1 aromatic heterocycles. The van der Waals surface area contributed by atoms with Crippen LogP contribution in [0.2, 0.25) is 0 Å². The van der Waals surface area contributed by atoms with Crippen LogP contribution in [0.1, 0.15) is 16.1 Å². The van der Waals surface area contributed by atoms with Gasteiger partial charge in [-0.3, -0.25) is 4.79 Å². The fourth-order valence-corrected chi connectivity index (χ4v) is 2.50. The first-order valence-corrected chi connectivity index (χ1v) is 5.14. The smallest absolute Gasteiger partial charge is 0.167 e. The number of halogens is 1. The molecule has 0 aliphatic rings. The molecule has 0 saturated carbocycles. The van der Waals surface area contributed by atoms with Gasteiger partial charge < -0.3 is 4.57 Å². The maximum absolute atomic E-state index is 10.9. The zero-order chi connectivity index (χ0) is 10.3. The van der Waals surface area contributed by atoms with Gasteiger partial charge in [0, 0.05) is 12.4 Å². The van der Waals surface area contributed by atoms with Gasteiger partial charge in [-0.15, -0.1) is 0 Å². The standard InChI is InChI=1S/C11H10BrNO/c1-7-4-3-5-8-10(12)9(6-14)13(2)11(7)8/h3-6H,1-2H3. The fraction of sp³-hybridized carbons (Fsp3) is 0.182. The highest BCUT2D eigenvalue weighted by atomic mass is 79.9. The van der Waals surface area contributed by atoms with Crippen molar-refractivity contribution in [3.8, 4) is 0 Å². The van der Waals surface area contributed by atoms with Crippen molar-refractivity contribution in [2.24, 2.45) is 7.05 Å². The normalized spacial score (nSPS) is 10.8. The summed E-state index contributed by atoms with van der Waals surface area (Å²) in [6, 6.07) is 6.06. The zero-order valence-electron chi connectivity index (χ0n) is 8.04. The van der Waals surface area contributed by atoms with Crippen LogP contribution in [0.15, 0.2) is 22.7 Å². The molecule has 0 radical (unpaired) electrons. The maximum Gasteiger partial charge on any atom is 0.167 e. The number of aldehydes is 1. The average molecular weight is 252 g/mol. The Morgan fingerprint density at radius 1 is 1.43 bits per heavy atom. The van der Waals surface area contributed by atoms with Crippen LogP contribution in [0.3, 0.4) is 0 Å². The summed E-state index contributed by atoms with van der Waals surface area (Å²) in [4.78, 5) is 10.9. The van der Waals surface area contributed by atoms with Crippen LogP contribution < -0.4 is 0 Å². The summed E-state index contributed by atoms with van der Waals surface area (Å²) in [6.45, 7) is 2.04. The summed E-state index contributed by atoms with van der Waals surface area (Å²) in [7, 11) is 1.91. The molecule has 1 aromatic carbocycles. The van der Waals surface area contributed by atoms with Crippen molar-refractivity contribution in [2.45, 2.75) is 6.92 Å². The van der Waals surface area contributed by atoms with Gasteiger partial charge in [0.25, 0.3) is 0 Å². The second kappa shape index (κ2) is 3.24. The third-order valence-electron chi connectivity index (χ3n) is 2.51. The predicted molar refractivity (Wildman–Crippen MR) is 60.7 cm³/mol. The number of benzene rings is 1. The molecule has 1 heterocycles. The fourth-order valence-electron chi connectivity index (χ4n) is 1.82. The molecule has 0 bridgehead atoms. The Morgan fingerprint density at radius 2 is 2.14 bits per heavy atom. The average Bonchev–Trinajstić information content (AvgIpc) is 2.41. The van der Waals surface area contributed by atoms with E-state index in [1.165, 1.54) is 5.56 Å². The summed E-state index contributed by atoms with van der Waals surface area (Å²) in [5, 5.41) is 1.09. The third kappa shape index (κ3) is 1.12. The minimum Gasteiger partial charge on any atom is -0.340 e. The Balaban J connectivity index is 3.01. The van der Waals surface area contributed by atoms with Crippen molar-refractivity contribution >= 4 is 33.1 Å². The lowest BCUT2D eigenvalue weighted by Crippen LogP contribution is -1.95. The lowest BCUT2D eigenvalue weighted by atomic mass is 10.2. The first kappa shape index (κ1) is 9.46. The Labute approximate surface area is 90.7 Å². The Kier molecular flexibility index (Phi) is 2.19. The predicted octanol–water partition coefficient (Wildman–Crippen LogP) is 3.06. The molecule has 0 amide bonds. The van der Waals surface area contributed by atoms with Gasteiger partial charge in [-0.25, -0.2) is 0 Å². The van der Waals surface area contributed by atoms with Gasteiger partial charge in [0.05, 0.1) is 15.7 Å². The first-order valence-electron chi connectivity index (χ1n) is 4.35. The van der Waals surface area contributed by atoms with Crippen molar-refractivity contribution in [1.82, 2.24) is 4.57 Å². The van der Waals surface area contributed by atoms with E-state index in [1.54, 1.807) is 0 Å². The molecule has 0 aliphatic heterocycles. The molecule has 0 aliphatic carbocycles. The Morgan fingerprint density at radius 3 is 2.71 bits per heavy atom. The molecular weight excluding hydrogens is 242 g/mol. The van der Waals surface area contributed by atoms with Crippen LogP contribution in [0.25, 0.3) is 10.9 Å². The molecule has 0 fully saturated rings. The van der Waals surface area contributed by atoms with Crippen LogP contribution in [-0.2, 0) is 7.05 Å². The number of aryl methyl sites for hydroxylation is 2. The van der Waals surface area contributed by atoms with E-state index in [0.29, 0.717) is 5.69 Å². The molecule has 2 nitrogen and oxygen atoms in total. The maximum atomic E-state index is 10.9. The van der Waals surface area contributed by atoms with Gasteiger partial charge >= 0.3 is 0 Å². The highest BCUT2D eigenvalue weighted by Crippen LogP contribution is 2.30. The number of rotatable bonds is 1. The number of aromatic nitrogens is 1. The van der Waals surface area contributed by atoms with E-state index in [2.05, 4.69) is 15.9 Å². The molecule has 0 unspecified atom stereocenters. The minimum absolute atomic E-state index is 0.689. The van der Waals surface area contributed by atoms with E-state index in [4.69, 9.17) is 0 Å². The summed E-state index contributed by atoms with van der Waals surface area (Å²) in [6.07, 6.45) is 0.878. The molecule has 0 spiro atoms. The highest BCUT2D eigenvalue weighted by molar-refractivity contribution is 9.10. The molecule has 14 heavy (non-hydrogen) atoms. The zero-order valence-corrected chi connectivity index (χ0v) is 9.63. The van der Waals surface area contributed by atoms with Crippen molar-refractivity contribution in [2.75, 3.05) is 0 Å². The third-order valence-corrected chi connectivity index (χ3v) is 3.34. The quantitative estimate of drug-likeness (QED) is 0.715. The van der Waals surface area contributed by atoms with E-state index in [1.807, 2.05) is 36.7 Å². The van der Waals surface area contributed by atoms with Crippen molar-refractivity contribution in [3.05, 3.63) is 33.9 Å². The summed E-state index contributed by atoms with van der Waals surface area (Å²) < 4.78 is 2.80. The van der Waals surface area contributed by atoms with E-state index in [-0.39, 0.29) is 0 Å². The number of para-hydroxylation sites is 1. The molecule has 72 valence electrons. The Bertz CT molecular complexity index is 513. The van der Waals surface area contributed by atoms with Crippen molar-refractivity contribution < 1.29 is 4.79 Å². The number of fused-ring (bicyclic) bond motifs is 1. The van der Waals surface area contributed by atoms with Crippen LogP contribution in [-0.4, -0.2) is 10.9 Å². The molecule has 0 atom stereocenters. The lowest BCUT2D eigenvalue weighted by molar-refractivity contribution is 0.111. The number of hydrogen-bond acceptors (Lipinski definition) is 1. The number of hydrogen-bond donors (Lipinski definition) is 0. The topological polar surface area (TPSA) is 22.0 Å². The largest absolute Gasteiger partial charge is 0.340 e. The second-order valence-electron chi connectivity index (χ2n) is 3.35. The molecule has 0 N–H and O–H groups in total. The first-order chi connectivity index (χ1) is 6.66. The van der Waals surface area contributed by atoms with Crippen LogP contribution in [0.5, 0.6) is 0 Å².